The average Bonchev–Trinajstić information content (AvgIpc) is 2.46. The van der Waals surface area contributed by atoms with Gasteiger partial charge in [-0.1, -0.05) is 30.9 Å². The van der Waals surface area contributed by atoms with Crippen LogP contribution in [0, 0.1) is 12.8 Å². The van der Waals surface area contributed by atoms with Gasteiger partial charge in [-0.2, -0.15) is 0 Å². The zero-order valence-corrected chi connectivity index (χ0v) is 13.1. The van der Waals surface area contributed by atoms with E-state index in [0.29, 0.717) is 28.9 Å². The lowest BCUT2D eigenvalue weighted by molar-refractivity contribution is 0.0875. The number of hydrogen-bond acceptors (Lipinski definition) is 3. The Hall–Kier alpha value is -1.10. The molecule has 4 nitrogen and oxygen atoms in total. The van der Waals surface area contributed by atoms with Crippen molar-refractivity contribution in [3.63, 3.8) is 0 Å². The third-order valence-electron chi connectivity index (χ3n) is 4.02. The molecule has 1 saturated carbocycles. The Bertz CT molecular complexity index is 479. The fourth-order valence-corrected chi connectivity index (χ4v) is 3.22. The van der Waals surface area contributed by atoms with E-state index in [4.69, 9.17) is 11.6 Å². The lowest BCUT2D eigenvalue weighted by atomic mass is 9.84. The van der Waals surface area contributed by atoms with Gasteiger partial charge in [0.1, 0.15) is 5.84 Å². The van der Waals surface area contributed by atoms with Gasteiger partial charge >= 0.3 is 0 Å². The number of halogens is 1. The molecule has 1 aromatic carbocycles. The van der Waals surface area contributed by atoms with Gasteiger partial charge in [-0.15, -0.1) is 0 Å². The van der Waals surface area contributed by atoms with Crippen molar-refractivity contribution in [2.75, 3.05) is 0 Å². The topological polar surface area (TPSA) is 64.9 Å². The number of nitrogens with one attached hydrogen (secondary N) is 1. The molecule has 1 fully saturated rings. The van der Waals surface area contributed by atoms with Crippen LogP contribution in [0.15, 0.2) is 23.2 Å². The van der Waals surface area contributed by atoms with E-state index in [1.165, 1.54) is 19.3 Å². The summed E-state index contributed by atoms with van der Waals surface area (Å²) in [5.41, 5.74) is 3.79. The lowest BCUT2D eigenvalue weighted by Crippen LogP contribution is -2.30. The molecule has 116 valence electrons. The van der Waals surface area contributed by atoms with E-state index >= 15 is 0 Å². The van der Waals surface area contributed by atoms with Crippen molar-refractivity contribution >= 4 is 23.1 Å². The fourth-order valence-electron chi connectivity index (χ4n) is 2.94. The molecule has 0 spiro atoms. The van der Waals surface area contributed by atoms with Gasteiger partial charge in [-0.3, -0.25) is 10.7 Å². The molecule has 0 aliphatic heterocycles. The van der Waals surface area contributed by atoms with Crippen molar-refractivity contribution in [3.05, 3.63) is 28.8 Å². The quantitative estimate of drug-likeness (QED) is 0.447. The van der Waals surface area contributed by atoms with Crippen molar-refractivity contribution in [1.82, 2.24) is 5.48 Å². The van der Waals surface area contributed by atoms with Crippen molar-refractivity contribution in [1.29, 1.82) is 0 Å². The average molecular weight is 311 g/mol. The highest BCUT2D eigenvalue weighted by atomic mass is 35.5. The number of aryl methyl sites for hydroxylation is 1. The van der Waals surface area contributed by atoms with Crippen LogP contribution in [0.1, 0.15) is 44.1 Å². The predicted octanol–water partition coefficient (Wildman–Crippen LogP) is 3.99. The number of aliphatic hydroxyl groups excluding tert-OH is 1. The molecule has 3 N–H and O–H groups in total. The second-order valence-electron chi connectivity index (χ2n) is 5.83. The van der Waals surface area contributed by atoms with E-state index in [1.807, 2.05) is 19.1 Å². The summed E-state index contributed by atoms with van der Waals surface area (Å²) in [7, 11) is 0. The van der Waals surface area contributed by atoms with Gasteiger partial charge in [0, 0.05) is 11.4 Å². The summed E-state index contributed by atoms with van der Waals surface area (Å²) in [5.74, 6) is 0.674. The summed E-state index contributed by atoms with van der Waals surface area (Å²) < 4.78 is 0. The molecule has 1 aromatic rings. The molecule has 1 atom stereocenters. The Balaban J connectivity index is 2.05. The molecule has 1 aliphatic rings. The number of hydrogen-bond donors (Lipinski definition) is 3. The maximum atomic E-state index is 10.3. The molecular weight excluding hydrogens is 288 g/mol. The van der Waals surface area contributed by atoms with E-state index in [2.05, 4.69) is 10.5 Å². The molecular formula is C16H23ClN2O2. The number of hydroxylamine groups is 1. The van der Waals surface area contributed by atoms with Crippen molar-refractivity contribution in [2.24, 2.45) is 10.9 Å². The number of aliphatic hydroxyl groups is 1. The smallest absolute Gasteiger partial charge is 0.128 e. The second kappa shape index (κ2) is 7.78. The zero-order valence-electron chi connectivity index (χ0n) is 12.3. The van der Waals surface area contributed by atoms with Crippen LogP contribution in [0.5, 0.6) is 0 Å². The van der Waals surface area contributed by atoms with Gasteiger partial charge in [0.15, 0.2) is 0 Å². The third kappa shape index (κ3) is 4.99. The van der Waals surface area contributed by atoms with E-state index in [0.717, 1.165) is 18.4 Å². The lowest BCUT2D eigenvalue weighted by Gasteiger charge is -2.26. The molecule has 0 amide bonds. The molecule has 2 rings (SSSR count). The number of aliphatic imine (C=N–C) groups is 1. The van der Waals surface area contributed by atoms with Crippen molar-refractivity contribution < 1.29 is 10.3 Å². The first-order valence-corrected chi connectivity index (χ1v) is 7.89. The standard InChI is InChI=1S/C16H23ClN2O2/c1-11-7-13(17)9-14(8-11)18-16(19-21)10-15(20)12-5-3-2-4-6-12/h7-9,12,15,20-21H,2-6,10H2,1H3,(H,18,19). The number of amidine groups is 1. The number of benzene rings is 1. The maximum Gasteiger partial charge on any atom is 0.128 e. The molecule has 1 unspecified atom stereocenters. The first kappa shape index (κ1) is 16.3. The Morgan fingerprint density at radius 1 is 1.33 bits per heavy atom. The maximum absolute atomic E-state index is 10.3. The van der Waals surface area contributed by atoms with Gasteiger partial charge in [-0.05, 0) is 49.4 Å². The van der Waals surface area contributed by atoms with Crippen LogP contribution in [0.3, 0.4) is 0 Å². The van der Waals surface area contributed by atoms with Crippen molar-refractivity contribution in [3.8, 4) is 0 Å². The number of rotatable bonds is 4. The number of nitrogens with zero attached hydrogens (tertiary/aromatic N) is 1. The zero-order chi connectivity index (χ0) is 15.2. The second-order valence-corrected chi connectivity index (χ2v) is 6.26. The van der Waals surface area contributed by atoms with Crippen LogP contribution in [0.2, 0.25) is 5.02 Å². The highest BCUT2D eigenvalue weighted by Crippen LogP contribution is 2.28. The summed E-state index contributed by atoms with van der Waals surface area (Å²) >= 11 is 6.00. The Morgan fingerprint density at radius 2 is 2.05 bits per heavy atom. The minimum absolute atomic E-state index is 0.304. The minimum atomic E-state index is -0.469. The first-order valence-electron chi connectivity index (χ1n) is 7.51. The van der Waals surface area contributed by atoms with Crippen LogP contribution in [-0.4, -0.2) is 22.3 Å². The van der Waals surface area contributed by atoms with E-state index in [9.17, 15) is 10.3 Å². The summed E-state index contributed by atoms with van der Waals surface area (Å²) in [6.45, 7) is 1.94. The molecule has 0 aromatic heterocycles. The van der Waals surface area contributed by atoms with E-state index in [1.54, 1.807) is 6.07 Å². The van der Waals surface area contributed by atoms with Crippen LogP contribution >= 0.6 is 11.6 Å². The molecule has 0 radical (unpaired) electrons. The monoisotopic (exact) mass is 310 g/mol. The molecule has 0 bridgehead atoms. The highest BCUT2D eigenvalue weighted by molar-refractivity contribution is 6.30. The Morgan fingerprint density at radius 3 is 2.67 bits per heavy atom. The Labute approximate surface area is 130 Å². The van der Waals surface area contributed by atoms with E-state index < -0.39 is 6.10 Å². The van der Waals surface area contributed by atoms with Crippen LogP contribution < -0.4 is 5.48 Å². The largest absolute Gasteiger partial charge is 0.392 e. The molecule has 0 heterocycles. The molecule has 5 heteroatoms. The van der Waals surface area contributed by atoms with Crippen LogP contribution in [-0.2, 0) is 0 Å². The van der Waals surface area contributed by atoms with Gasteiger partial charge in [0.25, 0.3) is 0 Å². The summed E-state index contributed by atoms with van der Waals surface area (Å²) in [6, 6.07) is 5.47. The predicted molar refractivity (Wildman–Crippen MR) is 85.4 cm³/mol. The fraction of sp³-hybridized carbons (Fsp3) is 0.562. The van der Waals surface area contributed by atoms with Gasteiger partial charge in [0.2, 0.25) is 0 Å². The van der Waals surface area contributed by atoms with Crippen LogP contribution in [0.4, 0.5) is 5.69 Å². The van der Waals surface area contributed by atoms with Gasteiger partial charge in [-0.25, -0.2) is 4.99 Å². The first-order chi connectivity index (χ1) is 10.1. The minimum Gasteiger partial charge on any atom is -0.392 e. The van der Waals surface area contributed by atoms with Gasteiger partial charge in [0.05, 0.1) is 11.8 Å². The summed E-state index contributed by atoms with van der Waals surface area (Å²) in [6.07, 6.45) is 5.56. The molecule has 21 heavy (non-hydrogen) atoms. The normalized spacial score (nSPS) is 18.6. The van der Waals surface area contributed by atoms with Gasteiger partial charge < -0.3 is 5.11 Å². The van der Waals surface area contributed by atoms with E-state index in [-0.39, 0.29) is 0 Å². The Kier molecular flexibility index (Phi) is 6.03. The van der Waals surface area contributed by atoms with Crippen molar-refractivity contribution in [2.45, 2.75) is 51.6 Å². The van der Waals surface area contributed by atoms with Crippen LogP contribution in [0.25, 0.3) is 0 Å². The molecule has 1 aliphatic carbocycles. The summed E-state index contributed by atoms with van der Waals surface area (Å²) in [4.78, 5) is 4.34. The molecule has 0 saturated heterocycles. The SMILES string of the molecule is Cc1cc(Cl)cc(N=C(CC(O)C2CCCCC2)NO)c1. The third-order valence-corrected chi connectivity index (χ3v) is 4.23. The highest BCUT2D eigenvalue weighted by Gasteiger charge is 2.23. The summed E-state index contributed by atoms with van der Waals surface area (Å²) in [5, 5.41) is 20.2.